The van der Waals surface area contributed by atoms with E-state index in [9.17, 15) is 0 Å². The van der Waals surface area contributed by atoms with E-state index >= 15 is 0 Å². The van der Waals surface area contributed by atoms with E-state index < -0.39 is 0 Å². The van der Waals surface area contributed by atoms with Gasteiger partial charge in [-0.15, -0.1) is 0 Å². The van der Waals surface area contributed by atoms with Crippen molar-refractivity contribution >= 4 is 0 Å². The Balaban J connectivity index is 1.55. The van der Waals surface area contributed by atoms with Gasteiger partial charge in [0.1, 0.15) is 0 Å². The first-order chi connectivity index (χ1) is 8.74. The fourth-order valence-corrected chi connectivity index (χ4v) is 2.89. The second-order valence-electron chi connectivity index (χ2n) is 5.51. The minimum absolute atomic E-state index is 0.486. The van der Waals surface area contributed by atoms with E-state index in [-0.39, 0.29) is 0 Å². The van der Waals surface area contributed by atoms with E-state index in [2.05, 4.69) is 33.3 Å². The van der Waals surface area contributed by atoms with Gasteiger partial charge in [-0.3, -0.25) is 14.5 Å². The number of aryl methyl sites for hydroxylation is 1. The predicted molar refractivity (Wildman–Crippen MR) is 71.4 cm³/mol. The maximum atomic E-state index is 4.27. The molecule has 100 valence electrons. The largest absolute Gasteiger partial charge is 0.314 e. The van der Waals surface area contributed by atoms with Gasteiger partial charge in [-0.1, -0.05) is 0 Å². The standard InChI is InChI=1S/C13H23N5/c1-11(12-7-15-16(2)10-12)17-3-5-18(6-4-17)13-8-14-9-13/h7,10-11,13-14H,3-6,8-9H2,1-2H3. The fourth-order valence-electron chi connectivity index (χ4n) is 2.89. The van der Waals surface area contributed by atoms with Crippen molar-refractivity contribution in [3.8, 4) is 0 Å². The van der Waals surface area contributed by atoms with Crippen LogP contribution in [0, 0.1) is 0 Å². The molecule has 2 aliphatic rings. The number of rotatable bonds is 3. The van der Waals surface area contributed by atoms with Gasteiger partial charge in [0.15, 0.2) is 0 Å². The molecule has 5 heteroatoms. The number of hydrogen-bond donors (Lipinski definition) is 1. The molecule has 0 amide bonds. The molecule has 0 spiro atoms. The third-order valence-electron chi connectivity index (χ3n) is 4.38. The molecule has 1 N–H and O–H groups in total. The van der Waals surface area contributed by atoms with E-state index in [0.29, 0.717) is 6.04 Å². The molecule has 2 saturated heterocycles. The summed E-state index contributed by atoms with van der Waals surface area (Å²) in [5.41, 5.74) is 1.33. The zero-order chi connectivity index (χ0) is 12.5. The molecule has 18 heavy (non-hydrogen) atoms. The van der Waals surface area contributed by atoms with E-state index in [0.717, 1.165) is 6.04 Å². The first kappa shape index (κ1) is 12.1. The number of nitrogens with zero attached hydrogens (tertiary/aromatic N) is 4. The van der Waals surface area contributed by atoms with Crippen molar-refractivity contribution in [3.63, 3.8) is 0 Å². The molecule has 0 radical (unpaired) electrons. The van der Waals surface area contributed by atoms with E-state index in [4.69, 9.17) is 0 Å². The molecule has 0 aliphatic carbocycles. The molecule has 2 aliphatic heterocycles. The molecule has 1 aromatic heterocycles. The van der Waals surface area contributed by atoms with Gasteiger partial charge in [-0.05, 0) is 6.92 Å². The monoisotopic (exact) mass is 249 g/mol. The number of piperazine rings is 1. The first-order valence-corrected chi connectivity index (χ1v) is 6.91. The average Bonchev–Trinajstić information content (AvgIpc) is 2.74. The van der Waals surface area contributed by atoms with Gasteiger partial charge in [0.05, 0.1) is 6.20 Å². The van der Waals surface area contributed by atoms with Crippen LogP contribution in [-0.4, -0.2) is 64.9 Å². The summed E-state index contributed by atoms with van der Waals surface area (Å²) in [5, 5.41) is 7.62. The van der Waals surface area contributed by atoms with Gasteiger partial charge in [0.25, 0.3) is 0 Å². The molecule has 0 aromatic carbocycles. The third kappa shape index (κ3) is 2.30. The van der Waals surface area contributed by atoms with Crippen LogP contribution in [0.4, 0.5) is 0 Å². The molecule has 0 saturated carbocycles. The molecule has 2 fully saturated rings. The van der Waals surface area contributed by atoms with Crippen molar-refractivity contribution in [2.75, 3.05) is 39.3 Å². The molecule has 1 unspecified atom stereocenters. The Hall–Kier alpha value is -0.910. The zero-order valence-electron chi connectivity index (χ0n) is 11.3. The topological polar surface area (TPSA) is 36.3 Å². The molecular weight excluding hydrogens is 226 g/mol. The quantitative estimate of drug-likeness (QED) is 0.822. The lowest BCUT2D eigenvalue weighted by atomic mass is 10.1. The predicted octanol–water partition coefficient (Wildman–Crippen LogP) is 0.0705. The zero-order valence-corrected chi connectivity index (χ0v) is 11.3. The highest BCUT2D eigenvalue weighted by Gasteiger charge is 2.29. The Bertz CT molecular complexity index is 390. The van der Waals surface area contributed by atoms with Gasteiger partial charge in [0.2, 0.25) is 0 Å². The van der Waals surface area contributed by atoms with Crippen molar-refractivity contribution in [1.29, 1.82) is 0 Å². The van der Waals surface area contributed by atoms with Crippen molar-refractivity contribution < 1.29 is 0 Å². The number of nitrogens with one attached hydrogen (secondary N) is 1. The summed E-state index contributed by atoms with van der Waals surface area (Å²) < 4.78 is 1.89. The number of aromatic nitrogens is 2. The van der Waals surface area contributed by atoms with Gasteiger partial charge in [0, 0.05) is 70.2 Å². The lowest BCUT2D eigenvalue weighted by Crippen LogP contribution is -2.61. The van der Waals surface area contributed by atoms with Crippen molar-refractivity contribution in [1.82, 2.24) is 24.9 Å². The van der Waals surface area contributed by atoms with Crippen LogP contribution in [-0.2, 0) is 7.05 Å². The summed E-state index contributed by atoms with van der Waals surface area (Å²) in [4.78, 5) is 5.20. The van der Waals surface area contributed by atoms with Crippen molar-refractivity contribution in [3.05, 3.63) is 18.0 Å². The van der Waals surface area contributed by atoms with Gasteiger partial charge < -0.3 is 5.32 Å². The van der Waals surface area contributed by atoms with Crippen LogP contribution in [0.25, 0.3) is 0 Å². The molecule has 1 atom stereocenters. The second kappa shape index (κ2) is 4.99. The lowest BCUT2D eigenvalue weighted by Gasteiger charge is -2.44. The van der Waals surface area contributed by atoms with Gasteiger partial charge >= 0.3 is 0 Å². The van der Waals surface area contributed by atoms with Crippen LogP contribution < -0.4 is 5.32 Å². The van der Waals surface area contributed by atoms with E-state index in [1.54, 1.807) is 0 Å². The summed E-state index contributed by atoms with van der Waals surface area (Å²) in [6, 6.07) is 1.28. The molecular formula is C13H23N5. The van der Waals surface area contributed by atoms with Crippen molar-refractivity contribution in [2.24, 2.45) is 7.05 Å². The smallest absolute Gasteiger partial charge is 0.0537 e. The summed E-state index contributed by atoms with van der Waals surface area (Å²) in [7, 11) is 1.98. The minimum atomic E-state index is 0.486. The van der Waals surface area contributed by atoms with Gasteiger partial charge in [-0.25, -0.2) is 0 Å². The average molecular weight is 249 g/mol. The Morgan fingerprint density at radius 2 is 2.00 bits per heavy atom. The van der Waals surface area contributed by atoms with E-state index in [1.807, 2.05) is 17.9 Å². The Kier molecular flexibility index (Phi) is 3.37. The summed E-state index contributed by atoms with van der Waals surface area (Å²) >= 11 is 0. The first-order valence-electron chi connectivity index (χ1n) is 6.91. The van der Waals surface area contributed by atoms with Crippen LogP contribution in [0.2, 0.25) is 0 Å². The summed E-state index contributed by atoms with van der Waals surface area (Å²) in [6.45, 7) is 9.40. The second-order valence-corrected chi connectivity index (χ2v) is 5.51. The highest BCUT2D eigenvalue weighted by molar-refractivity contribution is 5.09. The highest BCUT2D eigenvalue weighted by atomic mass is 15.3. The SMILES string of the molecule is CC(c1cnn(C)c1)N1CCN(C2CNC2)CC1. The van der Waals surface area contributed by atoms with Gasteiger partial charge in [-0.2, -0.15) is 5.10 Å². The third-order valence-corrected chi connectivity index (χ3v) is 4.38. The molecule has 3 heterocycles. The summed E-state index contributed by atoms with van der Waals surface area (Å²) in [5.74, 6) is 0. The number of hydrogen-bond acceptors (Lipinski definition) is 4. The molecule has 5 nitrogen and oxygen atoms in total. The Morgan fingerprint density at radius 3 is 2.50 bits per heavy atom. The lowest BCUT2D eigenvalue weighted by molar-refractivity contribution is 0.0552. The van der Waals surface area contributed by atoms with Crippen LogP contribution in [0.3, 0.4) is 0 Å². The maximum Gasteiger partial charge on any atom is 0.0537 e. The van der Waals surface area contributed by atoms with E-state index in [1.165, 1.54) is 44.8 Å². The molecule has 3 rings (SSSR count). The van der Waals surface area contributed by atoms with Crippen LogP contribution in [0.1, 0.15) is 18.5 Å². The normalized spacial score (nSPS) is 25.0. The van der Waals surface area contributed by atoms with Crippen LogP contribution in [0.5, 0.6) is 0 Å². The van der Waals surface area contributed by atoms with Crippen LogP contribution in [0.15, 0.2) is 12.4 Å². The molecule has 0 bridgehead atoms. The summed E-state index contributed by atoms with van der Waals surface area (Å²) in [6.07, 6.45) is 4.12. The van der Waals surface area contributed by atoms with Crippen LogP contribution >= 0.6 is 0 Å². The Morgan fingerprint density at radius 1 is 1.28 bits per heavy atom. The fraction of sp³-hybridized carbons (Fsp3) is 0.769. The maximum absolute atomic E-state index is 4.27. The minimum Gasteiger partial charge on any atom is -0.314 e. The highest BCUT2D eigenvalue weighted by Crippen LogP contribution is 2.21. The van der Waals surface area contributed by atoms with Crippen molar-refractivity contribution in [2.45, 2.75) is 19.0 Å². The molecule has 1 aromatic rings. The Labute approximate surface area is 109 Å².